The first-order valence-corrected chi connectivity index (χ1v) is 8.80. The smallest absolute Gasteiger partial charge is 0.276 e. The summed E-state index contributed by atoms with van der Waals surface area (Å²) in [6.07, 6.45) is 0. The minimum atomic E-state index is -0.0495. The Balaban J connectivity index is 1.36. The Bertz CT molecular complexity index is 831. The summed E-state index contributed by atoms with van der Waals surface area (Å²) in [6.45, 7) is 5.73. The summed E-state index contributed by atoms with van der Waals surface area (Å²) in [7, 11) is 0. The molecular formula is C17H18N4O2S. The van der Waals surface area contributed by atoms with Crippen molar-refractivity contribution >= 4 is 27.5 Å². The van der Waals surface area contributed by atoms with Crippen LogP contribution in [0.4, 0.5) is 0 Å². The molecule has 24 heavy (non-hydrogen) atoms. The highest BCUT2D eigenvalue weighted by Gasteiger charge is 2.24. The van der Waals surface area contributed by atoms with Crippen molar-refractivity contribution in [1.82, 2.24) is 19.9 Å². The molecule has 0 saturated carbocycles. The first-order chi connectivity index (χ1) is 11.7. The summed E-state index contributed by atoms with van der Waals surface area (Å²) in [5.74, 6) is 0.610. The van der Waals surface area contributed by atoms with Crippen molar-refractivity contribution in [3.63, 3.8) is 0 Å². The average molecular weight is 342 g/mol. The third kappa shape index (κ3) is 3.05. The van der Waals surface area contributed by atoms with Gasteiger partial charge in [0.2, 0.25) is 0 Å². The van der Waals surface area contributed by atoms with Gasteiger partial charge < -0.3 is 9.42 Å². The van der Waals surface area contributed by atoms with Crippen molar-refractivity contribution < 1.29 is 9.32 Å². The van der Waals surface area contributed by atoms with Gasteiger partial charge in [0.25, 0.3) is 5.91 Å². The molecule has 1 saturated heterocycles. The predicted molar refractivity (Wildman–Crippen MR) is 92.0 cm³/mol. The van der Waals surface area contributed by atoms with Crippen LogP contribution in [0.5, 0.6) is 0 Å². The lowest BCUT2D eigenvalue weighted by Gasteiger charge is -2.33. The Labute approximate surface area is 143 Å². The Kier molecular flexibility index (Phi) is 4.03. The van der Waals surface area contributed by atoms with Gasteiger partial charge in [-0.05, 0) is 19.1 Å². The number of para-hydroxylation sites is 1. The van der Waals surface area contributed by atoms with E-state index >= 15 is 0 Å². The van der Waals surface area contributed by atoms with Gasteiger partial charge in [0.15, 0.2) is 5.69 Å². The lowest BCUT2D eigenvalue weighted by atomic mass is 10.2. The molecule has 1 aliphatic heterocycles. The number of carbonyl (C=O) groups is 1. The van der Waals surface area contributed by atoms with Crippen LogP contribution in [0.25, 0.3) is 10.2 Å². The maximum Gasteiger partial charge on any atom is 0.276 e. The van der Waals surface area contributed by atoms with E-state index in [-0.39, 0.29) is 5.91 Å². The molecule has 1 amide bonds. The van der Waals surface area contributed by atoms with E-state index in [9.17, 15) is 4.79 Å². The molecule has 6 nitrogen and oxygen atoms in total. The third-order valence-electron chi connectivity index (χ3n) is 4.20. The fraction of sp³-hybridized carbons (Fsp3) is 0.353. The van der Waals surface area contributed by atoms with E-state index in [1.54, 1.807) is 24.3 Å². The first-order valence-electron chi connectivity index (χ1n) is 7.98. The standard InChI is InChI=1S/C17H18N4O2S/c1-12-10-14(19-23-12)17(22)21-8-6-20(7-9-21)11-16-18-13-4-2-3-5-15(13)24-16/h2-5,10H,6-9,11H2,1H3. The molecule has 0 unspecified atom stereocenters. The van der Waals surface area contributed by atoms with Gasteiger partial charge in [0, 0.05) is 32.2 Å². The minimum absolute atomic E-state index is 0.0495. The van der Waals surface area contributed by atoms with Crippen molar-refractivity contribution in [3.05, 3.63) is 46.8 Å². The SMILES string of the molecule is Cc1cc(C(=O)N2CCN(Cc3nc4ccccc4s3)CC2)no1. The summed E-state index contributed by atoms with van der Waals surface area (Å²) in [6, 6.07) is 9.90. The zero-order valence-corrected chi connectivity index (χ0v) is 14.3. The van der Waals surface area contributed by atoms with E-state index in [1.165, 1.54) is 4.70 Å². The van der Waals surface area contributed by atoms with Crippen LogP contribution in [0.15, 0.2) is 34.9 Å². The second-order valence-corrected chi connectivity index (χ2v) is 7.08. The summed E-state index contributed by atoms with van der Waals surface area (Å²) in [4.78, 5) is 21.2. The number of hydrogen-bond donors (Lipinski definition) is 0. The number of benzene rings is 1. The summed E-state index contributed by atoms with van der Waals surface area (Å²) in [5.41, 5.74) is 1.46. The molecule has 1 fully saturated rings. The fourth-order valence-electron chi connectivity index (χ4n) is 2.92. The predicted octanol–water partition coefficient (Wildman–Crippen LogP) is 2.55. The van der Waals surface area contributed by atoms with Crippen LogP contribution in [-0.2, 0) is 6.54 Å². The van der Waals surface area contributed by atoms with Crippen LogP contribution in [-0.4, -0.2) is 52.0 Å². The van der Waals surface area contributed by atoms with Gasteiger partial charge in [-0.15, -0.1) is 11.3 Å². The molecule has 0 spiro atoms. The lowest BCUT2D eigenvalue weighted by molar-refractivity contribution is 0.0618. The topological polar surface area (TPSA) is 62.5 Å². The number of hydrogen-bond acceptors (Lipinski definition) is 6. The number of thiazole rings is 1. The van der Waals surface area contributed by atoms with Crippen LogP contribution in [0, 0.1) is 6.92 Å². The number of nitrogens with zero attached hydrogens (tertiary/aromatic N) is 4. The normalized spacial score (nSPS) is 16.0. The Morgan fingerprint density at radius 2 is 2.04 bits per heavy atom. The van der Waals surface area contributed by atoms with Crippen molar-refractivity contribution in [2.75, 3.05) is 26.2 Å². The molecule has 4 rings (SSSR count). The third-order valence-corrected chi connectivity index (χ3v) is 5.22. The van der Waals surface area contributed by atoms with Gasteiger partial charge in [-0.2, -0.15) is 0 Å². The molecule has 124 valence electrons. The molecule has 2 aromatic heterocycles. The maximum absolute atomic E-state index is 12.4. The molecule has 0 bridgehead atoms. The van der Waals surface area contributed by atoms with Gasteiger partial charge in [-0.1, -0.05) is 17.3 Å². The van der Waals surface area contributed by atoms with Crippen LogP contribution in [0.2, 0.25) is 0 Å². The van der Waals surface area contributed by atoms with Gasteiger partial charge in [-0.25, -0.2) is 4.98 Å². The van der Waals surface area contributed by atoms with Crippen molar-refractivity contribution in [2.24, 2.45) is 0 Å². The number of rotatable bonds is 3. The quantitative estimate of drug-likeness (QED) is 0.732. The van der Waals surface area contributed by atoms with Gasteiger partial charge in [0.1, 0.15) is 10.8 Å². The van der Waals surface area contributed by atoms with Crippen molar-refractivity contribution in [2.45, 2.75) is 13.5 Å². The van der Waals surface area contributed by atoms with E-state index in [1.807, 2.05) is 23.1 Å². The molecule has 1 aromatic carbocycles. The van der Waals surface area contributed by atoms with Crippen molar-refractivity contribution in [3.8, 4) is 0 Å². The van der Waals surface area contributed by atoms with Crippen LogP contribution < -0.4 is 0 Å². The number of aryl methyl sites for hydroxylation is 1. The van der Waals surface area contributed by atoms with E-state index in [4.69, 9.17) is 4.52 Å². The summed E-state index contributed by atoms with van der Waals surface area (Å²) >= 11 is 1.74. The van der Waals surface area contributed by atoms with E-state index in [0.717, 1.165) is 30.2 Å². The van der Waals surface area contributed by atoms with Crippen LogP contribution in [0.3, 0.4) is 0 Å². The number of aromatic nitrogens is 2. The van der Waals surface area contributed by atoms with Gasteiger partial charge in [0.05, 0.1) is 16.8 Å². The minimum Gasteiger partial charge on any atom is -0.361 e. The summed E-state index contributed by atoms with van der Waals surface area (Å²) in [5, 5.41) is 4.94. The Morgan fingerprint density at radius 3 is 2.75 bits per heavy atom. The maximum atomic E-state index is 12.4. The highest BCUT2D eigenvalue weighted by Crippen LogP contribution is 2.23. The zero-order valence-electron chi connectivity index (χ0n) is 13.4. The van der Waals surface area contributed by atoms with Gasteiger partial charge >= 0.3 is 0 Å². The molecular weight excluding hydrogens is 324 g/mol. The van der Waals surface area contributed by atoms with Crippen LogP contribution >= 0.6 is 11.3 Å². The van der Waals surface area contributed by atoms with Crippen molar-refractivity contribution in [1.29, 1.82) is 0 Å². The molecule has 1 aliphatic rings. The second-order valence-electron chi connectivity index (χ2n) is 5.97. The Morgan fingerprint density at radius 1 is 1.25 bits per heavy atom. The Hall–Kier alpha value is -2.25. The average Bonchev–Trinajstić information content (AvgIpc) is 3.20. The second kappa shape index (κ2) is 6.33. The molecule has 0 radical (unpaired) electrons. The molecule has 0 atom stereocenters. The number of amides is 1. The largest absolute Gasteiger partial charge is 0.361 e. The molecule has 0 aliphatic carbocycles. The van der Waals surface area contributed by atoms with E-state index in [2.05, 4.69) is 21.1 Å². The number of piperazine rings is 1. The highest BCUT2D eigenvalue weighted by molar-refractivity contribution is 7.18. The van der Waals surface area contributed by atoms with E-state index < -0.39 is 0 Å². The number of carbonyl (C=O) groups excluding carboxylic acids is 1. The van der Waals surface area contributed by atoms with Gasteiger partial charge in [-0.3, -0.25) is 9.69 Å². The fourth-order valence-corrected chi connectivity index (χ4v) is 3.93. The number of fused-ring (bicyclic) bond motifs is 1. The monoisotopic (exact) mass is 342 g/mol. The zero-order chi connectivity index (χ0) is 16.5. The molecule has 0 N–H and O–H groups in total. The lowest BCUT2D eigenvalue weighted by Crippen LogP contribution is -2.48. The highest BCUT2D eigenvalue weighted by atomic mass is 32.1. The molecule has 3 aromatic rings. The first kappa shape index (κ1) is 15.3. The molecule has 3 heterocycles. The molecule has 7 heteroatoms. The summed E-state index contributed by atoms with van der Waals surface area (Å²) < 4.78 is 6.22. The van der Waals surface area contributed by atoms with E-state index in [0.29, 0.717) is 24.5 Å². The van der Waals surface area contributed by atoms with Crippen LogP contribution in [0.1, 0.15) is 21.3 Å².